The Labute approximate surface area is 435 Å². The first-order valence-corrected chi connectivity index (χ1v) is 27.8. The van der Waals surface area contributed by atoms with Crippen molar-refractivity contribution < 1.29 is 4.42 Å². The number of nitrogens with zero attached hydrogens (tertiary/aromatic N) is 2. The standard InChI is InChI=1S/C69H73BN2O/c1-63(2,3)41-26-28-53(44(34-41)40-22-16-15-17-23-40)71-54-38-45-43-24-18-19-25-48(43)67(11,12)59(45)58-47-35-42(64(4,5)6)36-51-61(47)72(69(14)31-21-20-30-68(51,69)13)70(60(54)58)52-27-29-55-57(62(52)71)46-37-49-50(39-56(46)73-55)66(9,10)33-32-65(49,7)8/h15-19,22-29,34-39H,20-21,30-33H2,1-14H3. The zero-order chi connectivity index (χ0) is 50.9. The molecule has 14 rings (SSSR count). The lowest BCUT2D eigenvalue weighted by molar-refractivity contribution is 0.199. The first-order chi connectivity index (χ1) is 34.5. The number of hydrogen-bond donors (Lipinski definition) is 0. The quantitative estimate of drug-likeness (QED) is 0.161. The molecule has 0 N–H and O–H groups in total. The molecule has 0 spiro atoms. The number of benzene rings is 7. The summed E-state index contributed by atoms with van der Waals surface area (Å²) in [4.78, 5) is 5.80. The molecule has 1 saturated carbocycles. The highest BCUT2D eigenvalue weighted by Gasteiger charge is 2.64. The van der Waals surface area contributed by atoms with E-state index < -0.39 is 0 Å². The molecule has 3 nitrogen and oxygen atoms in total. The molecule has 0 bridgehead atoms. The molecule has 0 saturated heterocycles. The van der Waals surface area contributed by atoms with Gasteiger partial charge in [0.1, 0.15) is 11.2 Å². The summed E-state index contributed by atoms with van der Waals surface area (Å²) in [5.74, 6) is 0. The van der Waals surface area contributed by atoms with Crippen LogP contribution >= 0.6 is 0 Å². The van der Waals surface area contributed by atoms with E-state index >= 15 is 0 Å². The van der Waals surface area contributed by atoms with Gasteiger partial charge in [0.25, 0.3) is 0 Å². The number of anilines is 4. The third kappa shape index (κ3) is 5.80. The lowest BCUT2D eigenvalue weighted by Crippen LogP contribution is -2.71. The third-order valence-electron chi connectivity index (χ3n) is 20.3. The minimum atomic E-state index is -0.230. The van der Waals surface area contributed by atoms with Crippen molar-refractivity contribution in [2.45, 2.75) is 173 Å². The van der Waals surface area contributed by atoms with E-state index in [4.69, 9.17) is 4.42 Å². The molecular formula is C69H73BN2O. The van der Waals surface area contributed by atoms with Crippen molar-refractivity contribution in [2.75, 3.05) is 9.71 Å². The van der Waals surface area contributed by atoms with Crippen LogP contribution in [0.25, 0.3) is 55.3 Å². The van der Waals surface area contributed by atoms with Crippen LogP contribution in [0, 0.1) is 0 Å². The van der Waals surface area contributed by atoms with E-state index in [1.54, 1.807) is 5.56 Å². The van der Waals surface area contributed by atoms with Crippen molar-refractivity contribution >= 4 is 62.5 Å². The second-order valence-electron chi connectivity index (χ2n) is 27.9. The van der Waals surface area contributed by atoms with Crippen LogP contribution in [-0.2, 0) is 32.5 Å². The topological polar surface area (TPSA) is 19.6 Å². The Bertz CT molecular complexity index is 3740. The van der Waals surface area contributed by atoms with Gasteiger partial charge in [-0.15, -0.1) is 0 Å². The SMILES string of the molecule is CC(C)(C)c1ccc(N2c3cc4c(c5c3B(c3ccc6oc7cc8c(cc7c6c32)C(C)(C)CCC8(C)C)N2c3c-5cc(C(C)(C)C)cc3C3(C)CCCCC23C)C(C)(C)c2ccccc2-4)c(-c2ccccc2)c1. The maximum Gasteiger partial charge on any atom is 0.328 e. The molecule has 0 amide bonds. The first kappa shape index (κ1) is 45.6. The van der Waals surface area contributed by atoms with E-state index in [1.807, 2.05) is 0 Å². The summed E-state index contributed by atoms with van der Waals surface area (Å²) in [5.41, 5.74) is 27.9. The molecule has 8 aromatic rings. The lowest BCUT2D eigenvalue weighted by atomic mass is 9.41. The predicted octanol–water partition coefficient (Wildman–Crippen LogP) is 17.5. The highest BCUT2D eigenvalue weighted by Crippen LogP contribution is 2.66. The molecule has 1 aromatic heterocycles. The van der Waals surface area contributed by atoms with Gasteiger partial charge in [0.05, 0.1) is 16.8 Å². The number of fused-ring (bicyclic) bond motifs is 16. The smallest absolute Gasteiger partial charge is 0.328 e. The summed E-state index contributed by atoms with van der Waals surface area (Å²) in [7, 11) is 0. The van der Waals surface area contributed by atoms with E-state index in [0.29, 0.717) is 0 Å². The van der Waals surface area contributed by atoms with Gasteiger partial charge >= 0.3 is 6.85 Å². The monoisotopic (exact) mass is 957 g/mol. The van der Waals surface area contributed by atoms with Crippen LogP contribution in [0.2, 0.25) is 0 Å². The van der Waals surface area contributed by atoms with Crippen molar-refractivity contribution in [3.63, 3.8) is 0 Å². The average Bonchev–Trinajstić information content (AvgIpc) is 3.91. The Balaban J connectivity index is 1.21. The maximum atomic E-state index is 7.30. The minimum Gasteiger partial charge on any atom is -0.456 e. The number of hydrogen-bond acceptors (Lipinski definition) is 3. The van der Waals surface area contributed by atoms with Crippen molar-refractivity contribution in [3.8, 4) is 33.4 Å². The Morgan fingerprint density at radius 3 is 1.92 bits per heavy atom. The highest BCUT2D eigenvalue weighted by molar-refractivity contribution is 6.93. The summed E-state index contributed by atoms with van der Waals surface area (Å²) in [6, 6.07) is 45.9. The van der Waals surface area contributed by atoms with Crippen molar-refractivity contribution in [1.29, 1.82) is 0 Å². The molecule has 2 atom stereocenters. The molecule has 3 aliphatic carbocycles. The van der Waals surface area contributed by atoms with Crippen molar-refractivity contribution in [1.82, 2.24) is 0 Å². The van der Waals surface area contributed by atoms with Crippen LogP contribution in [0.1, 0.15) is 174 Å². The summed E-state index contributed by atoms with van der Waals surface area (Å²) in [5, 5.41) is 2.46. The summed E-state index contributed by atoms with van der Waals surface area (Å²) >= 11 is 0. The fourth-order valence-corrected chi connectivity index (χ4v) is 15.8. The molecule has 2 unspecified atom stereocenters. The van der Waals surface area contributed by atoms with Gasteiger partial charge in [0, 0.05) is 44.3 Å². The van der Waals surface area contributed by atoms with Crippen LogP contribution < -0.4 is 20.6 Å². The van der Waals surface area contributed by atoms with Gasteiger partial charge in [-0.25, -0.2) is 0 Å². The summed E-state index contributed by atoms with van der Waals surface area (Å²) in [6.07, 6.45) is 7.15. The van der Waals surface area contributed by atoms with Gasteiger partial charge in [0.2, 0.25) is 0 Å². The van der Waals surface area contributed by atoms with Crippen LogP contribution in [0.5, 0.6) is 0 Å². The minimum absolute atomic E-state index is 0.0332. The van der Waals surface area contributed by atoms with E-state index in [1.165, 1.54) is 130 Å². The average molecular weight is 957 g/mol. The van der Waals surface area contributed by atoms with Gasteiger partial charge in [-0.1, -0.05) is 176 Å². The Morgan fingerprint density at radius 2 is 1.19 bits per heavy atom. The molecule has 3 aliphatic heterocycles. The predicted molar refractivity (Wildman–Crippen MR) is 311 cm³/mol. The molecule has 6 aliphatic rings. The number of furan rings is 1. The Morgan fingerprint density at radius 1 is 0.521 bits per heavy atom. The zero-order valence-electron chi connectivity index (χ0n) is 46.1. The van der Waals surface area contributed by atoms with E-state index in [2.05, 4.69) is 222 Å². The van der Waals surface area contributed by atoms with Gasteiger partial charge in [-0.05, 0) is 169 Å². The van der Waals surface area contributed by atoms with E-state index in [-0.39, 0.29) is 44.9 Å². The van der Waals surface area contributed by atoms with E-state index in [0.717, 1.165) is 30.4 Å². The fourth-order valence-electron chi connectivity index (χ4n) is 15.8. The largest absolute Gasteiger partial charge is 0.456 e. The molecule has 73 heavy (non-hydrogen) atoms. The third-order valence-corrected chi connectivity index (χ3v) is 20.3. The van der Waals surface area contributed by atoms with Crippen LogP contribution in [0.4, 0.5) is 22.7 Å². The summed E-state index contributed by atoms with van der Waals surface area (Å²) < 4.78 is 7.30. The normalized spacial score (nSPS) is 22.4. The van der Waals surface area contributed by atoms with Crippen molar-refractivity contribution in [2.24, 2.45) is 0 Å². The molecule has 368 valence electrons. The molecular weight excluding hydrogens is 884 g/mol. The number of rotatable bonds is 2. The van der Waals surface area contributed by atoms with Crippen LogP contribution in [0.3, 0.4) is 0 Å². The zero-order valence-corrected chi connectivity index (χ0v) is 46.1. The molecule has 4 heterocycles. The second kappa shape index (κ2) is 14.2. The molecule has 7 aromatic carbocycles. The second-order valence-corrected chi connectivity index (χ2v) is 27.9. The maximum absolute atomic E-state index is 7.30. The van der Waals surface area contributed by atoms with E-state index in [9.17, 15) is 0 Å². The van der Waals surface area contributed by atoms with Gasteiger partial charge in [0.15, 0.2) is 0 Å². The first-order valence-electron chi connectivity index (χ1n) is 27.8. The van der Waals surface area contributed by atoms with Gasteiger partial charge in [-0.3, -0.25) is 0 Å². The highest BCUT2D eigenvalue weighted by atomic mass is 16.3. The Hall–Kier alpha value is -6.00. The van der Waals surface area contributed by atoms with Gasteiger partial charge in [-0.2, -0.15) is 0 Å². The molecule has 4 heteroatoms. The Kier molecular flexibility index (Phi) is 8.89. The fraction of sp³-hybridized carbons (Fsp3) is 0.391. The molecule has 1 fully saturated rings. The van der Waals surface area contributed by atoms with Gasteiger partial charge < -0.3 is 14.1 Å². The summed E-state index contributed by atoms with van der Waals surface area (Å²) in [6.45, 7) is 34.5. The lowest BCUT2D eigenvalue weighted by Gasteiger charge is -2.55. The van der Waals surface area contributed by atoms with Crippen LogP contribution in [0.15, 0.2) is 120 Å². The van der Waals surface area contributed by atoms with Crippen molar-refractivity contribution in [3.05, 3.63) is 154 Å². The van der Waals surface area contributed by atoms with Crippen LogP contribution in [-0.4, -0.2) is 12.4 Å². The molecule has 0 radical (unpaired) electrons.